The fraction of sp³-hybridized carbons (Fsp3) is 0.333. The number of urea groups is 1. The number of amides is 2. The summed E-state index contributed by atoms with van der Waals surface area (Å²) in [7, 11) is 2.82. The van der Waals surface area contributed by atoms with E-state index >= 15 is 0 Å². The van der Waals surface area contributed by atoms with Crippen LogP contribution in [0.5, 0.6) is 5.75 Å². The number of anilines is 1. The lowest BCUT2D eigenvalue weighted by Crippen LogP contribution is -2.45. The van der Waals surface area contributed by atoms with E-state index < -0.39 is 18.0 Å². The summed E-state index contributed by atoms with van der Waals surface area (Å²) >= 11 is 3.27. The summed E-state index contributed by atoms with van der Waals surface area (Å²) in [5, 5.41) is 13.7. The van der Waals surface area contributed by atoms with Crippen molar-refractivity contribution in [1.29, 1.82) is 0 Å². The molecule has 1 rings (SSSR count). The topological polar surface area (TPSA) is 96.9 Å². The second-order valence-electron chi connectivity index (χ2n) is 3.79. The van der Waals surface area contributed by atoms with Crippen LogP contribution in [0.15, 0.2) is 22.7 Å². The highest BCUT2D eigenvalue weighted by Gasteiger charge is 2.20. The minimum Gasteiger partial charge on any atom is -0.495 e. The highest BCUT2D eigenvalue weighted by molar-refractivity contribution is 9.10. The van der Waals surface area contributed by atoms with Gasteiger partial charge in [0.25, 0.3) is 0 Å². The summed E-state index contributed by atoms with van der Waals surface area (Å²) in [6, 6.07) is 3.28. The molecule has 20 heavy (non-hydrogen) atoms. The molecule has 110 valence electrons. The number of carbonyl (C=O) groups is 2. The summed E-state index contributed by atoms with van der Waals surface area (Å²) in [5.41, 5.74) is 0.418. The average molecular weight is 347 g/mol. The second-order valence-corrected chi connectivity index (χ2v) is 4.70. The molecule has 7 nitrogen and oxygen atoms in total. The van der Waals surface area contributed by atoms with Crippen LogP contribution < -0.4 is 15.4 Å². The van der Waals surface area contributed by atoms with E-state index in [2.05, 4.69) is 26.6 Å². The molecule has 0 saturated carbocycles. The summed E-state index contributed by atoms with van der Waals surface area (Å²) in [6.07, 6.45) is 0. The molecule has 8 heteroatoms. The van der Waals surface area contributed by atoms with Crippen LogP contribution in [0, 0.1) is 0 Å². The maximum atomic E-state index is 11.8. The number of nitrogens with one attached hydrogen (secondary N) is 2. The van der Waals surface area contributed by atoms with Crippen molar-refractivity contribution in [3.8, 4) is 5.75 Å². The predicted octanol–water partition coefficient (Wildman–Crippen LogP) is 1.68. The van der Waals surface area contributed by atoms with Crippen molar-refractivity contribution in [3.05, 3.63) is 22.7 Å². The van der Waals surface area contributed by atoms with Crippen molar-refractivity contribution in [2.24, 2.45) is 0 Å². The molecule has 1 unspecified atom stereocenters. The number of rotatable bonds is 6. The Balaban J connectivity index is 2.75. The molecular formula is C12H15BrN2O5. The van der Waals surface area contributed by atoms with Gasteiger partial charge in [0, 0.05) is 11.6 Å². The maximum absolute atomic E-state index is 11.8. The normalized spacial score (nSPS) is 11.6. The third-order valence-corrected chi connectivity index (χ3v) is 2.84. The molecule has 0 aliphatic rings. The van der Waals surface area contributed by atoms with Crippen molar-refractivity contribution in [1.82, 2.24) is 5.32 Å². The van der Waals surface area contributed by atoms with Crippen molar-refractivity contribution in [3.63, 3.8) is 0 Å². The number of halogens is 1. The molecule has 0 aliphatic heterocycles. The fourth-order valence-corrected chi connectivity index (χ4v) is 1.80. The minimum absolute atomic E-state index is 0.127. The third-order valence-electron chi connectivity index (χ3n) is 2.35. The number of carboxylic acid groups (broad SMARTS) is 1. The molecule has 1 aromatic carbocycles. The Morgan fingerprint density at radius 2 is 2.10 bits per heavy atom. The van der Waals surface area contributed by atoms with Gasteiger partial charge in [0.15, 0.2) is 6.04 Å². The van der Waals surface area contributed by atoms with Crippen LogP contribution in [-0.4, -0.2) is 44.0 Å². The van der Waals surface area contributed by atoms with Crippen LogP contribution in [0.2, 0.25) is 0 Å². The maximum Gasteiger partial charge on any atom is 0.328 e. The van der Waals surface area contributed by atoms with Gasteiger partial charge in [0.2, 0.25) is 0 Å². The zero-order valence-corrected chi connectivity index (χ0v) is 12.6. The number of hydrogen-bond donors (Lipinski definition) is 3. The molecule has 0 fully saturated rings. The largest absolute Gasteiger partial charge is 0.495 e. The standard InChI is InChI=1S/C12H15BrN2O5/c1-19-6-9(11(16)17)15-12(18)14-8-5-7(13)3-4-10(8)20-2/h3-5,9H,6H2,1-2H3,(H,16,17)(H2,14,15,18). The Morgan fingerprint density at radius 3 is 2.65 bits per heavy atom. The SMILES string of the molecule is COCC(NC(=O)Nc1cc(Br)ccc1OC)C(=O)O. The van der Waals surface area contributed by atoms with Gasteiger partial charge in [0.05, 0.1) is 19.4 Å². The summed E-state index contributed by atoms with van der Waals surface area (Å²) in [5.74, 6) is -0.717. The van der Waals surface area contributed by atoms with Crippen molar-refractivity contribution >= 4 is 33.6 Å². The van der Waals surface area contributed by atoms with E-state index in [1.807, 2.05) is 0 Å². The monoisotopic (exact) mass is 346 g/mol. The first-order valence-electron chi connectivity index (χ1n) is 5.60. The van der Waals surface area contributed by atoms with Gasteiger partial charge in [-0.25, -0.2) is 9.59 Å². The van der Waals surface area contributed by atoms with Crippen molar-refractivity contribution in [2.45, 2.75) is 6.04 Å². The van der Waals surface area contributed by atoms with Gasteiger partial charge in [-0.05, 0) is 18.2 Å². The van der Waals surface area contributed by atoms with E-state index in [4.69, 9.17) is 14.6 Å². The number of hydrogen-bond acceptors (Lipinski definition) is 4. The first kappa shape index (κ1) is 16.3. The molecule has 3 N–H and O–H groups in total. The van der Waals surface area contributed by atoms with Crippen LogP contribution in [0.4, 0.5) is 10.5 Å². The molecule has 0 bridgehead atoms. The Labute approximate surface area is 124 Å². The van der Waals surface area contributed by atoms with Gasteiger partial charge in [-0.3, -0.25) is 0 Å². The van der Waals surface area contributed by atoms with Gasteiger partial charge < -0.3 is 25.2 Å². The summed E-state index contributed by atoms with van der Waals surface area (Å²) < 4.78 is 10.6. The van der Waals surface area contributed by atoms with Gasteiger partial charge in [-0.1, -0.05) is 15.9 Å². The van der Waals surface area contributed by atoms with Crippen molar-refractivity contribution in [2.75, 3.05) is 26.1 Å². The Bertz CT molecular complexity index is 495. The molecule has 1 aromatic rings. The highest BCUT2D eigenvalue weighted by atomic mass is 79.9. The molecular weight excluding hydrogens is 332 g/mol. The molecule has 0 aromatic heterocycles. The number of benzene rings is 1. The van der Waals surface area contributed by atoms with Crippen LogP contribution in [0.3, 0.4) is 0 Å². The molecule has 0 radical (unpaired) electrons. The van der Waals surface area contributed by atoms with Gasteiger partial charge in [-0.15, -0.1) is 0 Å². The number of ether oxygens (including phenoxy) is 2. The fourth-order valence-electron chi connectivity index (χ4n) is 1.44. The summed E-state index contributed by atoms with van der Waals surface area (Å²) in [6.45, 7) is -0.127. The van der Waals surface area contributed by atoms with Crippen LogP contribution in [0.1, 0.15) is 0 Å². The predicted molar refractivity (Wildman–Crippen MR) is 76.1 cm³/mol. The number of methoxy groups -OCH3 is 2. The van der Waals surface area contributed by atoms with Gasteiger partial charge >= 0.3 is 12.0 Å². The molecule has 2 amide bonds. The quantitative estimate of drug-likeness (QED) is 0.728. The highest BCUT2D eigenvalue weighted by Crippen LogP contribution is 2.27. The Hall–Kier alpha value is -1.80. The zero-order valence-electron chi connectivity index (χ0n) is 11.0. The number of aliphatic carboxylic acids is 1. The van der Waals surface area contributed by atoms with E-state index in [1.54, 1.807) is 18.2 Å². The van der Waals surface area contributed by atoms with E-state index in [-0.39, 0.29) is 6.61 Å². The van der Waals surface area contributed by atoms with Gasteiger partial charge in [0.1, 0.15) is 5.75 Å². The van der Waals surface area contributed by atoms with Crippen molar-refractivity contribution < 1.29 is 24.2 Å². The van der Waals surface area contributed by atoms with Crippen LogP contribution >= 0.6 is 15.9 Å². The first-order valence-corrected chi connectivity index (χ1v) is 6.40. The Morgan fingerprint density at radius 1 is 1.40 bits per heavy atom. The lowest BCUT2D eigenvalue weighted by atomic mass is 10.3. The van der Waals surface area contributed by atoms with E-state index in [0.717, 1.165) is 4.47 Å². The van der Waals surface area contributed by atoms with E-state index in [1.165, 1.54) is 14.2 Å². The lowest BCUT2D eigenvalue weighted by Gasteiger charge is -2.15. The first-order chi connectivity index (χ1) is 9.47. The third kappa shape index (κ3) is 4.71. The molecule has 1 atom stereocenters. The minimum atomic E-state index is -1.18. The number of carboxylic acids is 1. The lowest BCUT2D eigenvalue weighted by molar-refractivity contribution is -0.140. The average Bonchev–Trinajstić information content (AvgIpc) is 2.38. The smallest absolute Gasteiger partial charge is 0.328 e. The second kappa shape index (κ2) is 7.71. The molecule has 0 aliphatic carbocycles. The summed E-state index contributed by atoms with van der Waals surface area (Å²) in [4.78, 5) is 22.7. The molecule has 0 spiro atoms. The van der Waals surface area contributed by atoms with Crippen LogP contribution in [0.25, 0.3) is 0 Å². The zero-order chi connectivity index (χ0) is 15.1. The van der Waals surface area contributed by atoms with Gasteiger partial charge in [-0.2, -0.15) is 0 Å². The van der Waals surface area contributed by atoms with E-state index in [0.29, 0.717) is 11.4 Å². The number of carbonyl (C=O) groups excluding carboxylic acids is 1. The molecule has 0 heterocycles. The molecule has 0 saturated heterocycles. The Kier molecular flexibility index (Phi) is 6.26. The van der Waals surface area contributed by atoms with Crippen LogP contribution in [-0.2, 0) is 9.53 Å². The van der Waals surface area contributed by atoms with E-state index in [9.17, 15) is 9.59 Å².